The molecule has 3 aromatic rings. The Labute approximate surface area is 173 Å². The third kappa shape index (κ3) is 4.94. The normalized spacial score (nSPS) is 10.6. The molecular formula is C21H21N3O2S2. The van der Waals surface area contributed by atoms with Crippen LogP contribution in [0, 0.1) is 0 Å². The van der Waals surface area contributed by atoms with E-state index in [2.05, 4.69) is 29.5 Å². The van der Waals surface area contributed by atoms with E-state index in [0.29, 0.717) is 16.6 Å². The van der Waals surface area contributed by atoms with Crippen LogP contribution in [0.5, 0.6) is 5.75 Å². The second-order valence-electron chi connectivity index (χ2n) is 6.45. The number of ether oxygens (including phenoxy) is 1. The number of carbonyl (C=O) groups is 1. The van der Waals surface area contributed by atoms with Crippen molar-refractivity contribution in [2.45, 2.75) is 19.8 Å². The van der Waals surface area contributed by atoms with Crippen molar-refractivity contribution in [2.75, 3.05) is 12.4 Å². The summed E-state index contributed by atoms with van der Waals surface area (Å²) >= 11 is 6.66. The van der Waals surface area contributed by atoms with Crippen LogP contribution in [0.1, 0.15) is 35.7 Å². The van der Waals surface area contributed by atoms with E-state index >= 15 is 0 Å². The Kier molecular flexibility index (Phi) is 6.38. The lowest BCUT2D eigenvalue weighted by Gasteiger charge is -2.09. The first-order valence-electron chi connectivity index (χ1n) is 8.78. The molecule has 7 heteroatoms. The number of thiocarbonyl (C=S) groups is 1. The van der Waals surface area contributed by atoms with Crippen molar-refractivity contribution < 1.29 is 9.53 Å². The molecule has 0 radical (unpaired) electrons. The number of hydrogen-bond acceptors (Lipinski definition) is 5. The van der Waals surface area contributed by atoms with Crippen LogP contribution >= 0.6 is 23.6 Å². The minimum Gasteiger partial charge on any atom is -0.497 e. The van der Waals surface area contributed by atoms with Crippen LogP contribution < -0.4 is 15.4 Å². The second kappa shape index (κ2) is 8.95. The van der Waals surface area contributed by atoms with Gasteiger partial charge in [-0.25, -0.2) is 4.98 Å². The molecule has 0 fully saturated rings. The summed E-state index contributed by atoms with van der Waals surface area (Å²) in [4.78, 5) is 16.9. The average molecular weight is 412 g/mol. The van der Waals surface area contributed by atoms with Gasteiger partial charge in [-0.15, -0.1) is 11.3 Å². The van der Waals surface area contributed by atoms with Crippen LogP contribution in [0.2, 0.25) is 0 Å². The van der Waals surface area contributed by atoms with Gasteiger partial charge < -0.3 is 10.1 Å². The highest BCUT2D eigenvalue weighted by atomic mass is 32.1. The average Bonchev–Trinajstić information content (AvgIpc) is 3.16. The fraction of sp³-hybridized carbons (Fsp3) is 0.190. The molecular weight excluding hydrogens is 390 g/mol. The molecule has 3 rings (SSSR count). The number of amides is 1. The third-order valence-electron chi connectivity index (χ3n) is 4.18. The monoisotopic (exact) mass is 411 g/mol. The van der Waals surface area contributed by atoms with Gasteiger partial charge in [-0.05, 0) is 60.1 Å². The molecule has 0 aliphatic carbocycles. The van der Waals surface area contributed by atoms with E-state index < -0.39 is 0 Å². The molecule has 0 aliphatic heterocycles. The van der Waals surface area contributed by atoms with Crippen LogP contribution in [-0.4, -0.2) is 23.1 Å². The first kappa shape index (κ1) is 20.0. The number of benzene rings is 2. The van der Waals surface area contributed by atoms with Crippen molar-refractivity contribution >= 4 is 39.7 Å². The van der Waals surface area contributed by atoms with Crippen molar-refractivity contribution in [2.24, 2.45) is 0 Å². The molecule has 1 heterocycles. The van der Waals surface area contributed by atoms with Gasteiger partial charge in [0.1, 0.15) is 5.75 Å². The summed E-state index contributed by atoms with van der Waals surface area (Å²) in [6, 6.07) is 15.2. The Bertz CT molecular complexity index is 964. The zero-order chi connectivity index (χ0) is 20.1. The van der Waals surface area contributed by atoms with Gasteiger partial charge >= 0.3 is 0 Å². The standard InChI is InChI=1S/C21H21N3O2S2/c1-13(2)14-4-6-16(7-5-14)19(25)23-20(27)24-21-22-18(12-28-21)15-8-10-17(26-3)11-9-15/h4-13H,1-3H3,(H2,22,23,24,25,27). The van der Waals surface area contributed by atoms with E-state index in [0.717, 1.165) is 17.0 Å². The Morgan fingerprint density at radius 1 is 1.11 bits per heavy atom. The lowest BCUT2D eigenvalue weighted by atomic mass is 10.0. The van der Waals surface area contributed by atoms with Crippen LogP contribution in [0.4, 0.5) is 5.13 Å². The summed E-state index contributed by atoms with van der Waals surface area (Å²) in [5.74, 6) is 0.965. The van der Waals surface area contributed by atoms with E-state index in [9.17, 15) is 4.79 Å². The Morgan fingerprint density at radius 2 is 1.79 bits per heavy atom. The molecule has 0 spiro atoms. The number of methoxy groups -OCH3 is 1. The van der Waals surface area contributed by atoms with Crippen molar-refractivity contribution in [3.63, 3.8) is 0 Å². The number of nitrogens with one attached hydrogen (secondary N) is 2. The van der Waals surface area contributed by atoms with E-state index in [1.807, 2.05) is 41.8 Å². The molecule has 144 valence electrons. The summed E-state index contributed by atoms with van der Waals surface area (Å²) in [5, 5.41) is 8.42. The Balaban J connectivity index is 1.60. The zero-order valence-electron chi connectivity index (χ0n) is 15.9. The van der Waals surface area contributed by atoms with E-state index in [-0.39, 0.29) is 11.0 Å². The quantitative estimate of drug-likeness (QED) is 0.574. The number of rotatable bonds is 5. The maximum atomic E-state index is 12.3. The molecule has 1 aromatic heterocycles. The van der Waals surface area contributed by atoms with Gasteiger partial charge in [0.15, 0.2) is 10.2 Å². The third-order valence-corrected chi connectivity index (χ3v) is 5.14. The molecule has 0 saturated carbocycles. The number of thiazole rings is 1. The van der Waals surface area contributed by atoms with Crippen LogP contribution in [-0.2, 0) is 0 Å². The molecule has 0 saturated heterocycles. The summed E-state index contributed by atoms with van der Waals surface area (Å²) in [7, 11) is 1.63. The first-order chi connectivity index (χ1) is 13.5. The van der Waals surface area contributed by atoms with Gasteiger partial charge in [0, 0.05) is 16.5 Å². The minimum absolute atomic E-state index is 0.216. The molecule has 1 amide bonds. The predicted octanol–water partition coefficient (Wildman–Crippen LogP) is 5.07. The van der Waals surface area contributed by atoms with E-state index in [1.165, 1.54) is 16.9 Å². The van der Waals surface area contributed by atoms with Crippen LogP contribution in [0.15, 0.2) is 53.9 Å². The molecule has 0 aliphatic rings. The maximum absolute atomic E-state index is 12.3. The number of hydrogen-bond donors (Lipinski definition) is 2. The molecule has 0 bridgehead atoms. The van der Waals surface area contributed by atoms with Gasteiger partial charge in [-0.2, -0.15) is 0 Å². The molecule has 0 atom stereocenters. The van der Waals surface area contributed by atoms with E-state index in [4.69, 9.17) is 17.0 Å². The Hall–Kier alpha value is -2.77. The summed E-state index contributed by atoms with van der Waals surface area (Å²) < 4.78 is 5.17. The first-order valence-corrected chi connectivity index (χ1v) is 10.1. The zero-order valence-corrected chi connectivity index (χ0v) is 17.5. The Morgan fingerprint density at radius 3 is 2.39 bits per heavy atom. The van der Waals surface area contributed by atoms with Gasteiger partial charge in [0.2, 0.25) is 0 Å². The van der Waals surface area contributed by atoms with Gasteiger partial charge in [0.25, 0.3) is 5.91 Å². The molecule has 2 N–H and O–H groups in total. The van der Waals surface area contributed by atoms with Gasteiger partial charge in [0.05, 0.1) is 12.8 Å². The summed E-state index contributed by atoms with van der Waals surface area (Å²) in [6.45, 7) is 4.23. The van der Waals surface area contributed by atoms with Gasteiger partial charge in [-0.3, -0.25) is 10.1 Å². The highest BCUT2D eigenvalue weighted by Crippen LogP contribution is 2.26. The smallest absolute Gasteiger partial charge is 0.257 e. The molecule has 2 aromatic carbocycles. The maximum Gasteiger partial charge on any atom is 0.257 e. The van der Waals surface area contributed by atoms with E-state index in [1.54, 1.807) is 19.2 Å². The topological polar surface area (TPSA) is 63.2 Å². The fourth-order valence-corrected chi connectivity index (χ4v) is 3.53. The lowest BCUT2D eigenvalue weighted by Crippen LogP contribution is -2.34. The van der Waals surface area contributed by atoms with Crippen molar-refractivity contribution in [3.8, 4) is 17.0 Å². The van der Waals surface area contributed by atoms with Gasteiger partial charge in [-0.1, -0.05) is 26.0 Å². The molecule has 0 unspecified atom stereocenters. The molecule has 5 nitrogen and oxygen atoms in total. The number of nitrogens with zero attached hydrogens (tertiary/aromatic N) is 1. The highest BCUT2D eigenvalue weighted by Gasteiger charge is 2.11. The van der Waals surface area contributed by atoms with Crippen molar-refractivity contribution in [1.82, 2.24) is 10.3 Å². The predicted molar refractivity (Wildman–Crippen MR) is 118 cm³/mol. The minimum atomic E-state index is -0.250. The number of anilines is 1. The number of aromatic nitrogens is 1. The highest BCUT2D eigenvalue weighted by molar-refractivity contribution is 7.80. The van der Waals surface area contributed by atoms with Crippen molar-refractivity contribution in [1.29, 1.82) is 0 Å². The number of carbonyl (C=O) groups excluding carboxylic acids is 1. The van der Waals surface area contributed by atoms with Crippen molar-refractivity contribution in [3.05, 3.63) is 65.0 Å². The van der Waals surface area contributed by atoms with Crippen LogP contribution in [0.3, 0.4) is 0 Å². The second-order valence-corrected chi connectivity index (χ2v) is 7.72. The lowest BCUT2D eigenvalue weighted by molar-refractivity contribution is 0.0977. The molecule has 28 heavy (non-hydrogen) atoms. The SMILES string of the molecule is COc1ccc(-c2csc(NC(=S)NC(=O)c3ccc(C(C)C)cc3)n2)cc1. The summed E-state index contributed by atoms with van der Waals surface area (Å²) in [6.07, 6.45) is 0. The fourth-order valence-electron chi connectivity index (χ4n) is 2.55. The van der Waals surface area contributed by atoms with Crippen LogP contribution in [0.25, 0.3) is 11.3 Å². The largest absolute Gasteiger partial charge is 0.497 e. The summed E-state index contributed by atoms with van der Waals surface area (Å²) in [5.41, 5.74) is 3.55.